The Balaban J connectivity index is 1.81. The molecule has 0 radical (unpaired) electrons. The van der Waals surface area contributed by atoms with Crippen molar-refractivity contribution in [3.8, 4) is 11.5 Å². The summed E-state index contributed by atoms with van der Waals surface area (Å²) < 4.78 is 17.1. The van der Waals surface area contributed by atoms with Crippen molar-refractivity contribution in [3.63, 3.8) is 0 Å². The highest BCUT2D eigenvalue weighted by Gasteiger charge is 2.25. The van der Waals surface area contributed by atoms with E-state index in [1.165, 1.54) is 0 Å². The molecule has 0 aromatic heterocycles. The normalized spacial score (nSPS) is 21.9. The van der Waals surface area contributed by atoms with E-state index < -0.39 is 0 Å². The molecule has 20 heavy (non-hydrogen) atoms. The van der Waals surface area contributed by atoms with Gasteiger partial charge in [0, 0.05) is 6.54 Å². The van der Waals surface area contributed by atoms with Crippen molar-refractivity contribution >= 4 is 0 Å². The lowest BCUT2D eigenvalue weighted by Gasteiger charge is -2.16. The van der Waals surface area contributed by atoms with Crippen LogP contribution in [0.25, 0.3) is 0 Å². The molecule has 1 fully saturated rings. The maximum absolute atomic E-state index is 5.95. The van der Waals surface area contributed by atoms with Gasteiger partial charge in [0.1, 0.15) is 6.61 Å². The SMILES string of the molecule is CCNCC1CCC(COc2ccc(C)cc2OC)O1. The number of rotatable bonds is 7. The topological polar surface area (TPSA) is 39.7 Å². The summed E-state index contributed by atoms with van der Waals surface area (Å²) in [4.78, 5) is 0. The summed E-state index contributed by atoms with van der Waals surface area (Å²) in [7, 11) is 1.67. The number of aryl methyl sites for hydroxylation is 1. The van der Waals surface area contributed by atoms with Gasteiger partial charge in [-0.1, -0.05) is 13.0 Å². The Morgan fingerprint density at radius 2 is 2.05 bits per heavy atom. The minimum atomic E-state index is 0.185. The zero-order chi connectivity index (χ0) is 14.4. The van der Waals surface area contributed by atoms with Gasteiger partial charge in [0.15, 0.2) is 11.5 Å². The lowest BCUT2D eigenvalue weighted by molar-refractivity contribution is 0.0183. The number of nitrogens with one attached hydrogen (secondary N) is 1. The Labute approximate surface area is 121 Å². The van der Waals surface area contributed by atoms with Crippen LogP contribution < -0.4 is 14.8 Å². The molecule has 0 amide bonds. The number of ether oxygens (including phenoxy) is 3. The smallest absolute Gasteiger partial charge is 0.161 e. The molecule has 0 saturated carbocycles. The minimum Gasteiger partial charge on any atom is -0.493 e. The van der Waals surface area contributed by atoms with Crippen LogP contribution >= 0.6 is 0 Å². The second kappa shape index (κ2) is 7.50. The first-order valence-electron chi connectivity index (χ1n) is 7.36. The maximum atomic E-state index is 5.95. The number of hydrogen-bond acceptors (Lipinski definition) is 4. The van der Waals surface area contributed by atoms with Crippen LogP contribution in [0.3, 0.4) is 0 Å². The monoisotopic (exact) mass is 279 g/mol. The van der Waals surface area contributed by atoms with E-state index in [9.17, 15) is 0 Å². The summed E-state index contributed by atoms with van der Waals surface area (Å²) in [6, 6.07) is 5.97. The van der Waals surface area contributed by atoms with Gasteiger partial charge in [-0.15, -0.1) is 0 Å². The number of benzene rings is 1. The molecular formula is C16H25NO3. The molecule has 1 aromatic rings. The first kappa shape index (κ1) is 15.1. The fraction of sp³-hybridized carbons (Fsp3) is 0.625. The second-order valence-electron chi connectivity index (χ2n) is 5.23. The van der Waals surface area contributed by atoms with Crippen LogP contribution in [0.1, 0.15) is 25.3 Å². The second-order valence-corrected chi connectivity index (χ2v) is 5.23. The standard InChI is InChI=1S/C16H25NO3/c1-4-17-10-13-6-7-14(20-13)11-19-15-8-5-12(2)9-16(15)18-3/h5,8-9,13-14,17H,4,6-7,10-11H2,1-3H3. The lowest BCUT2D eigenvalue weighted by Crippen LogP contribution is -2.28. The van der Waals surface area contributed by atoms with E-state index in [0.717, 1.165) is 43.0 Å². The van der Waals surface area contributed by atoms with Crippen LogP contribution in [0, 0.1) is 6.92 Å². The summed E-state index contributed by atoms with van der Waals surface area (Å²) in [6.07, 6.45) is 2.67. The zero-order valence-corrected chi connectivity index (χ0v) is 12.6. The molecule has 1 N–H and O–H groups in total. The highest BCUT2D eigenvalue weighted by Crippen LogP contribution is 2.29. The van der Waals surface area contributed by atoms with Crippen molar-refractivity contribution in [1.29, 1.82) is 0 Å². The summed E-state index contributed by atoms with van der Waals surface area (Å²) in [6.45, 7) is 6.65. The van der Waals surface area contributed by atoms with Crippen LogP contribution in [0.15, 0.2) is 18.2 Å². The average Bonchev–Trinajstić information content (AvgIpc) is 2.91. The Bertz CT molecular complexity index is 422. The van der Waals surface area contributed by atoms with Crippen LogP contribution in [0.2, 0.25) is 0 Å². The van der Waals surface area contributed by atoms with Gasteiger partial charge in [-0.25, -0.2) is 0 Å². The van der Waals surface area contributed by atoms with Crippen LogP contribution in [0.5, 0.6) is 11.5 Å². The number of likely N-dealkylation sites (N-methyl/N-ethyl adjacent to an activating group) is 1. The van der Waals surface area contributed by atoms with Crippen molar-refractivity contribution in [2.45, 2.75) is 38.9 Å². The van der Waals surface area contributed by atoms with Crippen molar-refractivity contribution in [2.75, 3.05) is 26.8 Å². The van der Waals surface area contributed by atoms with E-state index in [4.69, 9.17) is 14.2 Å². The quantitative estimate of drug-likeness (QED) is 0.832. The Morgan fingerprint density at radius 3 is 2.80 bits per heavy atom. The van der Waals surface area contributed by atoms with Crippen molar-refractivity contribution < 1.29 is 14.2 Å². The van der Waals surface area contributed by atoms with Gasteiger partial charge in [0.05, 0.1) is 19.3 Å². The predicted molar refractivity (Wildman–Crippen MR) is 79.7 cm³/mol. The van der Waals surface area contributed by atoms with E-state index in [1.807, 2.05) is 25.1 Å². The highest BCUT2D eigenvalue weighted by molar-refractivity contribution is 5.42. The Morgan fingerprint density at radius 1 is 1.25 bits per heavy atom. The molecular weight excluding hydrogens is 254 g/mol. The minimum absolute atomic E-state index is 0.185. The summed E-state index contributed by atoms with van der Waals surface area (Å²) in [5.41, 5.74) is 1.16. The van der Waals surface area contributed by atoms with E-state index in [0.29, 0.717) is 12.7 Å². The van der Waals surface area contributed by atoms with Gasteiger partial charge in [0.25, 0.3) is 0 Å². The molecule has 2 unspecified atom stereocenters. The largest absolute Gasteiger partial charge is 0.493 e. The number of hydrogen-bond donors (Lipinski definition) is 1. The van der Waals surface area contributed by atoms with Gasteiger partial charge in [-0.2, -0.15) is 0 Å². The van der Waals surface area contributed by atoms with Crippen molar-refractivity contribution in [3.05, 3.63) is 23.8 Å². The van der Waals surface area contributed by atoms with Crippen molar-refractivity contribution in [2.24, 2.45) is 0 Å². The predicted octanol–water partition coefficient (Wildman–Crippen LogP) is 2.54. The zero-order valence-electron chi connectivity index (χ0n) is 12.6. The average molecular weight is 279 g/mol. The van der Waals surface area contributed by atoms with Crippen LogP contribution in [-0.2, 0) is 4.74 Å². The van der Waals surface area contributed by atoms with Crippen LogP contribution in [0.4, 0.5) is 0 Å². The van der Waals surface area contributed by atoms with Gasteiger partial charge >= 0.3 is 0 Å². The molecule has 1 aromatic carbocycles. The van der Waals surface area contributed by atoms with Gasteiger partial charge in [-0.05, 0) is 44.0 Å². The molecule has 0 spiro atoms. The molecule has 1 aliphatic heterocycles. The first-order chi connectivity index (χ1) is 9.72. The fourth-order valence-corrected chi connectivity index (χ4v) is 2.43. The summed E-state index contributed by atoms with van der Waals surface area (Å²) >= 11 is 0. The molecule has 112 valence electrons. The lowest BCUT2D eigenvalue weighted by atomic mass is 10.2. The summed E-state index contributed by atoms with van der Waals surface area (Å²) in [5.74, 6) is 1.57. The van der Waals surface area contributed by atoms with Crippen LogP contribution in [-0.4, -0.2) is 39.0 Å². The first-order valence-corrected chi connectivity index (χ1v) is 7.36. The third-order valence-corrected chi connectivity index (χ3v) is 3.56. The Kier molecular flexibility index (Phi) is 5.68. The molecule has 1 aliphatic rings. The van der Waals surface area contributed by atoms with E-state index in [1.54, 1.807) is 7.11 Å². The van der Waals surface area contributed by atoms with E-state index >= 15 is 0 Å². The third kappa shape index (κ3) is 4.12. The van der Waals surface area contributed by atoms with E-state index in [-0.39, 0.29) is 6.10 Å². The van der Waals surface area contributed by atoms with Gasteiger partial charge < -0.3 is 19.5 Å². The van der Waals surface area contributed by atoms with Crippen molar-refractivity contribution in [1.82, 2.24) is 5.32 Å². The fourth-order valence-electron chi connectivity index (χ4n) is 2.43. The van der Waals surface area contributed by atoms with Gasteiger partial charge in [0.2, 0.25) is 0 Å². The molecule has 2 atom stereocenters. The molecule has 1 saturated heterocycles. The summed E-state index contributed by atoms with van der Waals surface area (Å²) in [5, 5.41) is 3.32. The number of methoxy groups -OCH3 is 1. The molecule has 1 heterocycles. The molecule has 0 aliphatic carbocycles. The molecule has 4 heteroatoms. The van der Waals surface area contributed by atoms with Gasteiger partial charge in [-0.3, -0.25) is 0 Å². The highest BCUT2D eigenvalue weighted by atomic mass is 16.6. The molecule has 2 rings (SSSR count). The molecule has 0 bridgehead atoms. The van der Waals surface area contributed by atoms with E-state index in [2.05, 4.69) is 12.2 Å². The third-order valence-electron chi connectivity index (χ3n) is 3.56. The molecule has 4 nitrogen and oxygen atoms in total. The Hall–Kier alpha value is -1.26. The maximum Gasteiger partial charge on any atom is 0.161 e.